The van der Waals surface area contributed by atoms with Gasteiger partial charge in [0, 0.05) is 7.05 Å². The monoisotopic (exact) mass is 445 g/mol. The molecule has 3 rings (SSSR count). The van der Waals surface area contributed by atoms with E-state index >= 15 is 0 Å². The van der Waals surface area contributed by atoms with Crippen LogP contribution in [0, 0.1) is 27.7 Å². The molecule has 0 saturated heterocycles. The van der Waals surface area contributed by atoms with Crippen molar-refractivity contribution in [2.75, 3.05) is 7.05 Å². The number of aromatic nitrogens is 1. The second kappa shape index (κ2) is 8.45. The molecular formula is C22H27N3O3S2. The molecular weight excluding hydrogens is 418 g/mol. The molecule has 0 aliphatic carbocycles. The van der Waals surface area contributed by atoms with Gasteiger partial charge in [-0.3, -0.25) is 4.79 Å². The maximum absolute atomic E-state index is 13.1. The molecule has 30 heavy (non-hydrogen) atoms. The smallest absolute Gasteiger partial charge is 0.241 e. The summed E-state index contributed by atoms with van der Waals surface area (Å²) in [6.45, 7) is 9.26. The van der Waals surface area contributed by atoms with Crippen LogP contribution in [0.4, 0.5) is 0 Å². The van der Waals surface area contributed by atoms with Gasteiger partial charge in [0.1, 0.15) is 5.01 Å². The third kappa shape index (κ3) is 4.40. The van der Waals surface area contributed by atoms with E-state index in [-0.39, 0.29) is 10.8 Å². The van der Waals surface area contributed by atoms with Crippen LogP contribution in [0.2, 0.25) is 0 Å². The molecule has 6 nitrogen and oxygen atoms in total. The average Bonchev–Trinajstić information content (AvgIpc) is 3.07. The Balaban J connectivity index is 1.77. The van der Waals surface area contributed by atoms with E-state index in [2.05, 4.69) is 9.71 Å². The van der Waals surface area contributed by atoms with Crippen LogP contribution in [-0.2, 0) is 21.4 Å². The maximum Gasteiger partial charge on any atom is 0.241 e. The first-order chi connectivity index (χ1) is 14.0. The van der Waals surface area contributed by atoms with E-state index in [9.17, 15) is 13.2 Å². The number of para-hydroxylation sites is 1. The molecule has 1 aromatic heterocycles. The normalized spacial score (nSPS) is 12.9. The summed E-state index contributed by atoms with van der Waals surface area (Å²) in [7, 11) is -2.19. The number of aryl methyl sites for hydroxylation is 2. The molecule has 1 atom stereocenters. The number of hydrogen-bond donors (Lipinski definition) is 1. The van der Waals surface area contributed by atoms with Gasteiger partial charge in [0.25, 0.3) is 0 Å². The molecule has 1 heterocycles. The number of benzene rings is 2. The van der Waals surface area contributed by atoms with Crippen molar-refractivity contribution in [2.24, 2.45) is 0 Å². The Bertz CT molecular complexity index is 1160. The predicted molar refractivity (Wildman–Crippen MR) is 121 cm³/mol. The Morgan fingerprint density at radius 3 is 2.33 bits per heavy atom. The van der Waals surface area contributed by atoms with E-state index in [1.165, 1.54) is 16.2 Å². The molecule has 160 valence electrons. The van der Waals surface area contributed by atoms with Crippen LogP contribution >= 0.6 is 11.3 Å². The summed E-state index contributed by atoms with van der Waals surface area (Å²) in [6, 6.07) is 8.88. The van der Waals surface area contributed by atoms with Gasteiger partial charge in [0.15, 0.2) is 0 Å². The van der Waals surface area contributed by atoms with Crippen LogP contribution in [0.15, 0.2) is 35.2 Å². The van der Waals surface area contributed by atoms with E-state index in [1.54, 1.807) is 27.8 Å². The van der Waals surface area contributed by atoms with E-state index in [4.69, 9.17) is 0 Å². The molecule has 3 aromatic rings. The van der Waals surface area contributed by atoms with Gasteiger partial charge in [-0.25, -0.2) is 13.4 Å². The number of nitrogens with one attached hydrogen (secondary N) is 1. The van der Waals surface area contributed by atoms with Crippen LogP contribution in [0.5, 0.6) is 0 Å². The van der Waals surface area contributed by atoms with Gasteiger partial charge in [-0.05, 0) is 69.0 Å². The molecule has 0 aliphatic heterocycles. The van der Waals surface area contributed by atoms with Gasteiger partial charge >= 0.3 is 0 Å². The Labute approximate surface area is 182 Å². The second-order valence-corrected chi connectivity index (χ2v) is 10.5. The highest BCUT2D eigenvalue weighted by Crippen LogP contribution is 2.26. The average molecular weight is 446 g/mol. The number of thiazole rings is 1. The third-order valence-corrected chi connectivity index (χ3v) is 8.19. The largest absolute Gasteiger partial charge is 0.338 e. The number of amides is 1. The zero-order chi connectivity index (χ0) is 22.2. The lowest BCUT2D eigenvalue weighted by atomic mass is 10.0. The number of rotatable bonds is 6. The zero-order valence-electron chi connectivity index (χ0n) is 18.1. The third-order valence-electron chi connectivity index (χ3n) is 5.36. The van der Waals surface area contributed by atoms with Crippen LogP contribution in [0.1, 0.15) is 34.2 Å². The van der Waals surface area contributed by atoms with Crippen molar-refractivity contribution >= 4 is 37.5 Å². The van der Waals surface area contributed by atoms with E-state index in [0.717, 1.165) is 26.4 Å². The summed E-state index contributed by atoms with van der Waals surface area (Å²) in [5, 5.41) is 0.808. The van der Waals surface area contributed by atoms with Gasteiger partial charge in [-0.2, -0.15) is 4.72 Å². The molecule has 0 spiro atoms. The fraction of sp³-hybridized carbons (Fsp3) is 0.364. The minimum atomic E-state index is -3.85. The minimum Gasteiger partial charge on any atom is -0.338 e. The highest BCUT2D eigenvalue weighted by Gasteiger charge is 2.28. The number of likely N-dealkylation sites (N-methyl/N-ethyl adjacent to an activating group) is 1. The highest BCUT2D eigenvalue weighted by molar-refractivity contribution is 7.89. The summed E-state index contributed by atoms with van der Waals surface area (Å²) in [6.07, 6.45) is 0. The van der Waals surface area contributed by atoms with Gasteiger partial charge in [-0.15, -0.1) is 11.3 Å². The van der Waals surface area contributed by atoms with E-state index in [1.807, 2.05) is 44.2 Å². The molecule has 2 aromatic carbocycles. The summed E-state index contributed by atoms with van der Waals surface area (Å²) >= 11 is 1.53. The molecule has 1 N–H and O–H groups in total. The zero-order valence-corrected chi connectivity index (χ0v) is 19.7. The summed E-state index contributed by atoms with van der Waals surface area (Å²) in [5.74, 6) is -0.308. The van der Waals surface area contributed by atoms with Gasteiger partial charge in [0.2, 0.25) is 15.9 Å². The summed E-state index contributed by atoms with van der Waals surface area (Å²) in [4.78, 5) is 19.2. The number of carbonyl (C=O) groups excluding carboxylic acids is 1. The SMILES string of the molecule is Cc1cc(C)c(C)c(S(=O)(=O)N[C@@H](C)C(=O)N(C)Cc2nc3ccccc3s2)c1C. The highest BCUT2D eigenvalue weighted by atomic mass is 32.2. The topological polar surface area (TPSA) is 79.4 Å². The molecule has 0 bridgehead atoms. The van der Waals surface area contributed by atoms with Gasteiger partial charge in [-0.1, -0.05) is 18.2 Å². The van der Waals surface area contributed by atoms with Crippen LogP contribution in [-0.4, -0.2) is 37.3 Å². The maximum atomic E-state index is 13.1. The molecule has 1 amide bonds. The van der Waals surface area contributed by atoms with E-state index < -0.39 is 16.1 Å². The first-order valence-electron chi connectivity index (χ1n) is 9.70. The Morgan fingerprint density at radius 1 is 1.13 bits per heavy atom. The fourth-order valence-electron chi connectivity index (χ4n) is 3.52. The van der Waals surface area contributed by atoms with Gasteiger partial charge < -0.3 is 4.90 Å². The van der Waals surface area contributed by atoms with Crippen molar-refractivity contribution in [1.82, 2.24) is 14.6 Å². The minimum absolute atomic E-state index is 0.258. The van der Waals surface area contributed by atoms with Crippen molar-refractivity contribution in [3.8, 4) is 0 Å². The Kier molecular flexibility index (Phi) is 6.31. The summed E-state index contributed by atoms with van der Waals surface area (Å²) < 4.78 is 29.8. The summed E-state index contributed by atoms with van der Waals surface area (Å²) in [5.41, 5.74) is 4.12. The fourth-order valence-corrected chi connectivity index (χ4v) is 6.36. The van der Waals surface area contributed by atoms with Crippen LogP contribution in [0.3, 0.4) is 0 Å². The predicted octanol–water partition coefficient (Wildman–Crippen LogP) is 3.86. The first kappa shape index (κ1) is 22.4. The molecule has 0 aliphatic rings. The molecule has 0 unspecified atom stereocenters. The lowest BCUT2D eigenvalue weighted by Crippen LogP contribution is -2.45. The van der Waals surface area contributed by atoms with Crippen molar-refractivity contribution in [3.63, 3.8) is 0 Å². The number of nitrogens with zero attached hydrogens (tertiary/aromatic N) is 2. The number of sulfonamides is 1. The van der Waals surface area contributed by atoms with Crippen LogP contribution < -0.4 is 4.72 Å². The number of carbonyl (C=O) groups is 1. The van der Waals surface area contributed by atoms with Crippen LogP contribution in [0.25, 0.3) is 10.2 Å². The number of fused-ring (bicyclic) bond motifs is 1. The molecule has 0 saturated carbocycles. The number of hydrogen-bond acceptors (Lipinski definition) is 5. The van der Waals surface area contributed by atoms with Crippen molar-refractivity contribution in [3.05, 3.63) is 57.6 Å². The molecule has 0 radical (unpaired) electrons. The lowest BCUT2D eigenvalue weighted by Gasteiger charge is -2.23. The van der Waals surface area contributed by atoms with E-state index in [0.29, 0.717) is 17.7 Å². The Hall–Kier alpha value is -2.29. The lowest BCUT2D eigenvalue weighted by molar-refractivity contribution is -0.131. The van der Waals surface area contributed by atoms with Gasteiger partial charge in [0.05, 0.1) is 27.7 Å². The quantitative estimate of drug-likeness (QED) is 0.625. The molecule has 0 fully saturated rings. The molecule has 8 heteroatoms. The standard InChI is InChI=1S/C22H27N3O3S2/c1-13-11-14(2)16(4)21(15(13)3)30(27,28)24-17(5)22(26)25(6)12-20-23-18-9-7-8-10-19(18)29-20/h7-11,17,24H,12H2,1-6H3/t17-/m0/s1. The second-order valence-electron chi connectivity index (χ2n) is 7.70. The first-order valence-corrected chi connectivity index (χ1v) is 12.0. The van der Waals surface area contributed by atoms with Crippen molar-refractivity contribution in [2.45, 2.75) is 52.1 Å². The van der Waals surface area contributed by atoms with Crippen molar-refractivity contribution in [1.29, 1.82) is 0 Å². The Morgan fingerprint density at radius 2 is 1.73 bits per heavy atom. The van der Waals surface area contributed by atoms with Crippen molar-refractivity contribution < 1.29 is 13.2 Å².